The highest BCUT2D eigenvalue weighted by atomic mass is 16.7. The predicted octanol–water partition coefficient (Wildman–Crippen LogP) is -0.0963. The number of likely N-dealkylation sites (tertiary alicyclic amines) is 1. The van der Waals surface area contributed by atoms with Gasteiger partial charge in [-0.2, -0.15) is 0 Å². The lowest BCUT2D eigenvalue weighted by atomic mass is 9.72. The monoisotopic (exact) mass is 816 g/mol. The molecule has 0 spiro atoms. The Kier molecular flexibility index (Phi) is 11.5. The number of aliphatic hydroxyl groups is 3. The molecule has 3 aromatic rings. The summed E-state index contributed by atoms with van der Waals surface area (Å²) in [6.07, 6.45) is -2.60. The number of ketones is 3. The number of aromatic nitrogens is 1. The van der Waals surface area contributed by atoms with Crippen molar-refractivity contribution in [2.45, 2.75) is 87.7 Å². The summed E-state index contributed by atoms with van der Waals surface area (Å²) in [5.74, 6) is -5.64. The number of amides is 3. The van der Waals surface area contributed by atoms with E-state index < -0.39 is 119 Å². The number of carbonyl (C=O) groups excluding carboxylic acids is 6. The number of nitrogens with zero attached hydrogens (tertiary/aromatic N) is 2. The Hall–Kier alpha value is -5.79. The van der Waals surface area contributed by atoms with Crippen LogP contribution in [0.4, 0.5) is 0 Å². The van der Waals surface area contributed by atoms with E-state index in [1.54, 1.807) is 24.5 Å². The van der Waals surface area contributed by atoms with Gasteiger partial charge in [0.15, 0.2) is 17.9 Å². The summed E-state index contributed by atoms with van der Waals surface area (Å²) >= 11 is 0. The summed E-state index contributed by atoms with van der Waals surface area (Å²) < 4.78 is 17.5. The van der Waals surface area contributed by atoms with Crippen molar-refractivity contribution in [1.82, 2.24) is 20.5 Å². The Balaban J connectivity index is 1.11. The largest absolute Gasteiger partial charge is 0.507 e. The highest BCUT2D eigenvalue weighted by Gasteiger charge is 2.50. The molecule has 3 amide bonds. The first-order valence-corrected chi connectivity index (χ1v) is 19.1. The minimum Gasteiger partial charge on any atom is -0.507 e. The molecular formula is C41H44N4O14. The van der Waals surface area contributed by atoms with Gasteiger partial charge in [0.05, 0.1) is 55.0 Å². The van der Waals surface area contributed by atoms with E-state index >= 15 is 0 Å². The molecular weight excluding hydrogens is 772 g/mol. The van der Waals surface area contributed by atoms with Crippen molar-refractivity contribution in [3.05, 3.63) is 81.7 Å². The number of fused-ring (bicyclic) bond motifs is 3. The molecule has 2 aliphatic carbocycles. The topological polar surface area (TPSA) is 271 Å². The second-order valence-electron chi connectivity index (χ2n) is 15.2. The molecule has 0 unspecified atom stereocenters. The molecule has 4 aliphatic rings. The number of methoxy groups -OCH3 is 1. The summed E-state index contributed by atoms with van der Waals surface area (Å²) in [5, 5.41) is 61.3. The number of benzene rings is 2. The standard InChI is InChI=1S/C41H44N4O14/c1-19-35(50)23(44-40(55)24-8-5-11-45(24)29(49)17-43-28(48)12-20-6-4-10-42-16-20)13-30(58-19)59-26-15-41(56,27(47)18-46)14-22-32(26)39(54)34-33(37(22)52)36(51)21-7-3-9-25(57-2)31(21)38(34)53/h3-4,6-7,9-10,16,19,23-24,26,30,35,46,50,52,54,56H,5,8,11-15,17-18H2,1-2H3,(H,43,48)(H,44,55)/t19-,23-,24-,26-,30+,35+,41-/m0/s1. The second kappa shape index (κ2) is 16.5. The number of hydrogen-bond donors (Lipinski definition) is 7. The van der Waals surface area contributed by atoms with E-state index in [0.717, 1.165) is 0 Å². The van der Waals surface area contributed by atoms with Crippen molar-refractivity contribution in [2.24, 2.45) is 0 Å². The molecule has 18 heteroatoms. The van der Waals surface area contributed by atoms with Crippen LogP contribution >= 0.6 is 0 Å². The van der Waals surface area contributed by atoms with Crippen molar-refractivity contribution in [1.29, 1.82) is 0 Å². The van der Waals surface area contributed by atoms with Crippen LogP contribution in [0.2, 0.25) is 0 Å². The Morgan fingerprint density at radius 1 is 1.05 bits per heavy atom. The number of carbonyl (C=O) groups is 6. The molecule has 312 valence electrons. The van der Waals surface area contributed by atoms with Gasteiger partial charge in [0, 0.05) is 54.9 Å². The van der Waals surface area contributed by atoms with Crippen molar-refractivity contribution in [2.75, 3.05) is 26.8 Å². The molecule has 7 atom stereocenters. The average Bonchev–Trinajstić information content (AvgIpc) is 3.72. The number of Topliss-reactive ketones (excluding diaryl/α,β-unsaturated/α-hetero) is 1. The molecule has 1 aromatic heterocycles. The summed E-state index contributed by atoms with van der Waals surface area (Å²) in [6.45, 7) is 0.330. The van der Waals surface area contributed by atoms with Crippen LogP contribution < -0.4 is 15.4 Å². The number of phenols is 2. The van der Waals surface area contributed by atoms with E-state index in [-0.39, 0.29) is 53.9 Å². The van der Waals surface area contributed by atoms with Gasteiger partial charge in [-0.1, -0.05) is 18.2 Å². The van der Waals surface area contributed by atoms with Gasteiger partial charge < -0.3 is 55.3 Å². The number of phenolic OH excluding ortho intramolecular Hbond substituents is 2. The van der Waals surface area contributed by atoms with E-state index in [0.29, 0.717) is 18.4 Å². The number of aliphatic hydroxyl groups excluding tert-OH is 2. The van der Waals surface area contributed by atoms with Crippen LogP contribution in [0.15, 0.2) is 42.7 Å². The highest BCUT2D eigenvalue weighted by Crippen LogP contribution is 2.52. The van der Waals surface area contributed by atoms with Crippen LogP contribution in [-0.4, -0.2) is 133 Å². The zero-order chi connectivity index (χ0) is 42.3. The highest BCUT2D eigenvalue weighted by molar-refractivity contribution is 6.31. The van der Waals surface area contributed by atoms with Crippen molar-refractivity contribution >= 4 is 35.1 Å². The fraction of sp³-hybridized carbons (Fsp3) is 0.439. The minimum atomic E-state index is -2.38. The minimum absolute atomic E-state index is 0.0160. The maximum Gasteiger partial charge on any atom is 0.243 e. The summed E-state index contributed by atoms with van der Waals surface area (Å²) in [4.78, 5) is 85.4. The fourth-order valence-electron chi connectivity index (χ4n) is 8.50. The van der Waals surface area contributed by atoms with Gasteiger partial charge in [0.1, 0.15) is 41.6 Å². The summed E-state index contributed by atoms with van der Waals surface area (Å²) in [5.41, 5.74) is -3.55. The molecule has 2 aromatic carbocycles. The SMILES string of the molecule is COc1cccc2c1C(=O)c1c(O)c3c(c(O)c1C2=O)C[C@@](O)(C(=O)CO)C[C@@H]3O[C@@H]1C[C@H](NC(=O)[C@@H]2CCCN2C(=O)CNC(=O)Cc2cccnc2)[C@H](O)[C@H](C)O1. The first-order chi connectivity index (χ1) is 28.2. The van der Waals surface area contributed by atoms with Gasteiger partial charge in [-0.3, -0.25) is 33.8 Å². The van der Waals surface area contributed by atoms with Crippen LogP contribution in [0.3, 0.4) is 0 Å². The molecule has 7 rings (SSSR count). The number of hydrogen-bond acceptors (Lipinski definition) is 15. The van der Waals surface area contributed by atoms with E-state index in [4.69, 9.17) is 14.2 Å². The van der Waals surface area contributed by atoms with Crippen LogP contribution in [0.25, 0.3) is 0 Å². The Labute approximate surface area is 337 Å². The van der Waals surface area contributed by atoms with Gasteiger partial charge in [-0.05, 0) is 37.5 Å². The number of aromatic hydroxyl groups is 2. The van der Waals surface area contributed by atoms with Gasteiger partial charge in [-0.25, -0.2) is 0 Å². The number of rotatable bonds is 11. The van der Waals surface area contributed by atoms with Crippen molar-refractivity contribution < 1.29 is 68.5 Å². The quantitative estimate of drug-likeness (QED) is 0.0975. The molecule has 59 heavy (non-hydrogen) atoms. The normalized spacial score (nSPS) is 26.0. The summed E-state index contributed by atoms with van der Waals surface area (Å²) in [6, 6.07) is 5.76. The Morgan fingerprint density at radius 3 is 2.53 bits per heavy atom. The fourth-order valence-corrected chi connectivity index (χ4v) is 8.50. The van der Waals surface area contributed by atoms with E-state index in [1.165, 1.54) is 37.1 Å². The zero-order valence-corrected chi connectivity index (χ0v) is 32.2. The maximum atomic E-state index is 14.0. The summed E-state index contributed by atoms with van der Waals surface area (Å²) in [7, 11) is 1.30. The third kappa shape index (κ3) is 7.65. The van der Waals surface area contributed by atoms with Crippen molar-refractivity contribution in [3.63, 3.8) is 0 Å². The predicted molar refractivity (Wildman–Crippen MR) is 201 cm³/mol. The van der Waals surface area contributed by atoms with Gasteiger partial charge in [0.25, 0.3) is 0 Å². The molecule has 2 fully saturated rings. The molecule has 3 heterocycles. The van der Waals surface area contributed by atoms with Gasteiger partial charge >= 0.3 is 0 Å². The van der Waals surface area contributed by atoms with Gasteiger partial charge in [-0.15, -0.1) is 0 Å². The number of ether oxygens (including phenoxy) is 3. The van der Waals surface area contributed by atoms with Crippen molar-refractivity contribution in [3.8, 4) is 17.2 Å². The van der Waals surface area contributed by atoms with Crippen LogP contribution in [0.1, 0.15) is 87.2 Å². The number of pyridine rings is 1. The molecule has 7 N–H and O–H groups in total. The molecule has 2 saturated heterocycles. The smallest absolute Gasteiger partial charge is 0.243 e. The maximum absolute atomic E-state index is 14.0. The van der Waals surface area contributed by atoms with E-state index in [9.17, 15) is 54.3 Å². The zero-order valence-electron chi connectivity index (χ0n) is 32.2. The van der Waals surface area contributed by atoms with Crippen LogP contribution in [0.5, 0.6) is 17.2 Å². The van der Waals surface area contributed by atoms with Crippen LogP contribution in [0, 0.1) is 0 Å². The average molecular weight is 817 g/mol. The molecule has 18 nitrogen and oxygen atoms in total. The lowest BCUT2D eigenvalue weighted by molar-refractivity contribution is -0.249. The molecule has 0 radical (unpaired) electrons. The Bertz CT molecular complexity index is 2220. The second-order valence-corrected chi connectivity index (χ2v) is 15.2. The van der Waals surface area contributed by atoms with Crippen LogP contribution in [-0.2, 0) is 41.5 Å². The van der Waals surface area contributed by atoms with E-state index in [2.05, 4.69) is 15.6 Å². The van der Waals surface area contributed by atoms with Gasteiger partial charge in [0.2, 0.25) is 23.5 Å². The third-order valence-corrected chi connectivity index (χ3v) is 11.5. The van der Waals surface area contributed by atoms with E-state index in [1.807, 2.05) is 0 Å². The lowest BCUT2D eigenvalue weighted by Crippen LogP contribution is -2.58. The number of nitrogens with one attached hydrogen (secondary N) is 2. The first-order valence-electron chi connectivity index (χ1n) is 19.1. The molecule has 0 bridgehead atoms. The molecule has 2 aliphatic heterocycles. The first kappa shape index (κ1) is 41.4. The molecule has 0 saturated carbocycles. The lowest BCUT2D eigenvalue weighted by Gasteiger charge is -2.43. The Morgan fingerprint density at radius 2 is 1.81 bits per heavy atom. The third-order valence-electron chi connectivity index (χ3n) is 11.5.